The second-order valence-electron chi connectivity index (χ2n) is 3.56. The van der Waals surface area contributed by atoms with Gasteiger partial charge in [-0.3, -0.25) is 10.1 Å². The molecular formula is C10H11N5O. The largest absolute Gasteiger partial charge is 0.382 e. The lowest BCUT2D eigenvalue weighted by Gasteiger charge is -2.04. The van der Waals surface area contributed by atoms with Crippen molar-refractivity contribution in [3.8, 4) is 11.3 Å². The van der Waals surface area contributed by atoms with Crippen LogP contribution < -0.4 is 5.73 Å². The van der Waals surface area contributed by atoms with E-state index in [1.54, 1.807) is 6.07 Å². The number of hydrogen-bond acceptors (Lipinski definition) is 5. The summed E-state index contributed by atoms with van der Waals surface area (Å²) in [5.74, 6) is 0.403. The highest BCUT2D eigenvalue weighted by Crippen LogP contribution is 2.29. The van der Waals surface area contributed by atoms with Crippen molar-refractivity contribution in [3.63, 3.8) is 0 Å². The van der Waals surface area contributed by atoms with Crippen LogP contribution in [0.1, 0.15) is 11.3 Å². The smallest absolute Gasteiger partial charge is 0.154 e. The molecule has 0 spiro atoms. The molecule has 0 saturated heterocycles. The Kier molecular flexibility index (Phi) is 2.40. The zero-order valence-electron chi connectivity index (χ0n) is 8.98. The molecule has 16 heavy (non-hydrogen) atoms. The van der Waals surface area contributed by atoms with Gasteiger partial charge in [0.25, 0.3) is 0 Å². The van der Waals surface area contributed by atoms with Crippen LogP contribution in [-0.4, -0.2) is 15.2 Å². The third-order valence-corrected chi connectivity index (χ3v) is 2.38. The molecule has 2 heterocycles. The monoisotopic (exact) mass is 217 g/mol. The van der Waals surface area contributed by atoms with Crippen LogP contribution in [0.2, 0.25) is 0 Å². The van der Waals surface area contributed by atoms with Gasteiger partial charge in [0.1, 0.15) is 5.69 Å². The standard InChI is InChI=1S/C10H11N5O/c1-5-3-7(15-16)4-12-9(5)8-6(2)13-14-10(8)11/h3-4H,1-2H3,(H3,11,13,14). The van der Waals surface area contributed by atoms with Gasteiger partial charge in [-0.25, -0.2) is 0 Å². The van der Waals surface area contributed by atoms with Gasteiger partial charge in [-0.1, -0.05) is 0 Å². The van der Waals surface area contributed by atoms with Gasteiger partial charge in [0, 0.05) is 5.69 Å². The van der Waals surface area contributed by atoms with Crippen molar-refractivity contribution in [1.82, 2.24) is 15.2 Å². The van der Waals surface area contributed by atoms with E-state index in [1.807, 2.05) is 13.8 Å². The average molecular weight is 217 g/mol. The number of nitroso groups, excluding NO2 is 1. The second kappa shape index (κ2) is 3.73. The van der Waals surface area contributed by atoms with Gasteiger partial charge >= 0.3 is 0 Å². The molecule has 6 heteroatoms. The van der Waals surface area contributed by atoms with E-state index in [-0.39, 0.29) is 0 Å². The number of nitrogens with one attached hydrogen (secondary N) is 1. The van der Waals surface area contributed by atoms with Gasteiger partial charge in [0.2, 0.25) is 0 Å². The number of aromatic nitrogens is 3. The summed E-state index contributed by atoms with van der Waals surface area (Å²) in [5.41, 5.74) is 9.23. The van der Waals surface area contributed by atoms with Gasteiger partial charge in [-0.05, 0) is 30.7 Å². The lowest BCUT2D eigenvalue weighted by Crippen LogP contribution is -1.93. The number of nitrogen functional groups attached to an aromatic ring is 1. The first-order valence-electron chi connectivity index (χ1n) is 4.74. The maximum absolute atomic E-state index is 10.4. The Bertz CT molecular complexity index is 527. The van der Waals surface area contributed by atoms with Crippen molar-refractivity contribution in [2.75, 3.05) is 5.73 Å². The maximum Gasteiger partial charge on any atom is 0.154 e. The Balaban J connectivity index is 2.61. The van der Waals surface area contributed by atoms with Crippen molar-refractivity contribution in [3.05, 3.63) is 28.4 Å². The highest BCUT2D eigenvalue weighted by Gasteiger charge is 2.13. The van der Waals surface area contributed by atoms with Gasteiger partial charge in [-0.15, -0.1) is 4.91 Å². The lowest BCUT2D eigenvalue weighted by molar-refractivity contribution is 1.05. The maximum atomic E-state index is 10.4. The number of anilines is 1. The molecule has 0 saturated carbocycles. The zero-order chi connectivity index (χ0) is 11.7. The number of aromatic amines is 1. The number of pyridine rings is 1. The molecule has 0 radical (unpaired) electrons. The van der Waals surface area contributed by atoms with E-state index in [0.717, 1.165) is 22.5 Å². The molecule has 0 bridgehead atoms. The fraction of sp³-hybridized carbons (Fsp3) is 0.200. The second-order valence-corrected chi connectivity index (χ2v) is 3.56. The first kappa shape index (κ1) is 10.3. The van der Waals surface area contributed by atoms with Gasteiger partial charge < -0.3 is 5.73 Å². The van der Waals surface area contributed by atoms with Gasteiger partial charge in [-0.2, -0.15) is 5.10 Å². The van der Waals surface area contributed by atoms with Crippen LogP contribution in [0.3, 0.4) is 0 Å². The quantitative estimate of drug-likeness (QED) is 0.752. The third-order valence-electron chi connectivity index (χ3n) is 2.38. The molecule has 0 unspecified atom stereocenters. The highest BCUT2D eigenvalue weighted by atomic mass is 16.3. The molecule has 0 amide bonds. The molecule has 0 aromatic carbocycles. The minimum Gasteiger partial charge on any atom is -0.382 e. The van der Waals surface area contributed by atoms with E-state index < -0.39 is 0 Å². The van der Waals surface area contributed by atoms with Gasteiger partial charge in [0.15, 0.2) is 5.82 Å². The first-order chi connectivity index (χ1) is 7.63. The molecule has 0 aliphatic heterocycles. The van der Waals surface area contributed by atoms with Crippen LogP contribution in [0, 0.1) is 18.8 Å². The fourth-order valence-electron chi connectivity index (χ4n) is 1.62. The van der Waals surface area contributed by atoms with Crippen molar-refractivity contribution in [1.29, 1.82) is 0 Å². The Morgan fingerprint density at radius 3 is 2.69 bits per heavy atom. The summed E-state index contributed by atoms with van der Waals surface area (Å²) < 4.78 is 0. The third kappa shape index (κ3) is 1.54. The van der Waals surface area contributed by atoms with Crippen LogP contribution in [-0.2, 0) is 0 Å². The number of aryl methyl sites for hydroxylation is 2. The summed E-state index contributed by atoms with van der Waals surface area (Å²) in [4.78, 5) is 14.5. The SMILES string of the molecule is Cc1cc(N=O)cnc1-c1c(N)n[nH]c1C. The Morgan fingerprint density at radius 2 is 2.19 bits per heavy atom. The fourth-order valence-corrected chi connectivity index (χ4v) is 1.62. The minimum atomic E-state index is 0.306. The van der Waals surface area contributed by atoms with Crippen molar-refractivity contribution in [2.24, 2.45) is 5.18 Å². The van der Waals surface area contributed by atoms with Crippen molar-refractivity contribution in [2.45, 2.75) is 13.8 Å². The first-order valence-corrected chi connectivity index (χ1v) is 4.74. The number of nitrogens with zero attached hydrogens (tertiary/aromatic N) is 3. The van der Waals surface area contributed by atoms with E-state index in [1.165, 1.54) is 6.20 Å². The normalized spacial score (nSPS) is 10.4. The molecule has 0 fully saturated rings. The van der Waals surface area contributed by atoms with Crippen LogP contribution >= 0.6 is 0 Å². The molecule has 2 rings (SSSR count). The summed E-state index contributed by atoms with van der Waals surface area (Å²) in [6.07, 6.45) is 1.42. The summed E-state index contributed by atoms with van der Waals surface area (Å²) >= 11 is 0. The Labute approximate surface area is 91.9 Å². The molecular weight excluding hydrogens is 206 g/mol. The van der Waals surface area contributed by atoms with E-state index in [9.17, 15) is 4.91 Å². The lowest BCUT2D eigenvalue weighted by atomic mass is 10.1. The molecule has 0 aliphatic carbocycles. The molecule has 82 valence electrons. The van der Waals surface area contributed by atoms with Crippen LogP contribution in [0.15, 0.2) is 17.4 Å². The predicted octanol–water partition coefficient (Wildman–Crippen LogP) is 2.07. The summed E-state index contributed by atoms with van der Waals surface area (Å²) in [6, 6.07) is 1.67. The summed E-state index contributed by atoms with van der Waals surface area (Å²) in [5, 5.41) is 9.53. The van der Waals surface area contributed by atoms with Crippen LogP contribution in [0.25, 0.3) is 11.3 Å². The van der Waals surface area contributed by atoms with Crippen molar-refractivity contribution < 1.29 is 0 Å². The number of rotatable bonds is 2. The molecule has 0 atom stereocenters. The van der Waals surface area contributed by atoms with E-state index >= 15 is 0 Å². The Hall–Kier alpha value is -2.24. The number of H-pyrrole nitrogens is 1. The van der Waals surface area contributed by atoms with E-state index in [2.05, 4.69) is 20.4 Å². The molecule has 6 nitrogen and oxygen atoms in total. The molecule has 2 aromatic rings. The van der Waals surface area contributed by atoms with E-state index in [4.69, 9.17) is 5.73 Å². The average Bonchev–Trinajstić information content (AvgIpc) is 2.59. The van der Waals surface area contributed by atoms with Crippen molar-refractivity contribution >= 4 is 11.5 Å². The van der Waals surface area contributed by atoms with E-state index in [0.29, 0.717) is 11.5 Å². The molecule has 0 aliphatic rings. The minimum absolute atomic E-state index is 0.306. The van der Waals surface area contributed by atoms with Crippen LogP contribution in [0.5, 0.6) is 0 Å². The highest BCUT2D eigenvalue weighted by molar-refractivity contribution is 5.76. The topological polar surface area (TPSA) is 97.0 Å². The molecule has 3 N–H and O–H groups in total. The number of hydrogen-bond donors (Lipinski definition) is 2. The summed E-state index contributed by atoms with van der Waals surface area (Å²) in [6.45, 7) is 3.72. The zero-order valence-corrected chi connectivity index (χ0v) is 8.98. The van der Waals surface area contributed by atoms with Gasteiger partial charge in [0.05, 0.1) is 17.5 Å². The molecule has 2 aromatic heterocycles. The Morgan fingerprint density at radius 1 is 1.44 bits per heavy atom. The summed E-state index contributed by atoms with van der Waals surface area (Å²) in [7, 11) is 0. The number of nitrogens with two attached hydrogens (primary N) is 1. The van der Waals surface area contributed by atoms with Crippen LogP contribution in [0.4, 0.5) is 11.5 Å². The predicted molar refractivity (Wildman–Crippen MR) is 61.2 cm³/mol.